The molecule has 0 saturated carbocycles. The third-order valence-electron chi connectivity index (χ3n) is 3.73. The minimum atomic E-state index is -0.292. The Labute approximate surface area is 156 Å². The molecular weight excluding hydrogens is 373 g/mol. The van der Waals surface area contributed by atoms with Crippen LogP contribution in [0.5, 0.6) is 0 Å². The van der Waals surface area contributed by atoms with Gasteiger partial charge in [0.15, 0.2) is 5.82 Å². The Morgan fingerprint density at radius 3 is 2.69 bits per heavy atom. The summed E-state index contributed by atoms with van der Waals surface area (Å²) in [6.07, 6.45) is 1.64. The first-order valence-corrected chi connectivity index (χ1v) is 8.94. The van der Waals surface area contributed by atoms with Gasteiger partial charge in [0.2, 0.25) is 0 Å². The van der Waals surface area contributed by atoms with Gasteiger partial charge in [-0.15, -0.1) is 11.3 Å². The number of H-pyrrole nitrogens is 1. The van der Waals surface area contributed by atoms with E-state index < -0.39 is 0 Å². The third-order valence-corrected chi connectivity index (χ3v) is 4.92. The summed E-state index contributed by atoms with van der Waals surface area (Å²) >= 11 is 7.75. The lowest BCUT2D eigenvalue weighted by atomic mass is 10.2. The molecule has 128 valence electrons. The molecule has 0 radical (unpaired) electrons. The number of aromatic amines is 1. The van der Waals surface area contributed by atoms with Crippen LogP contribution in [0, 0.1) is 5.82 Å². The second kappa shape index (κ2) is 6.82. The van der Waals surface area contributed by atoms with Crippen molar-refractivity contribution in [1.29, 1.82) is 0 Å². The summed E-state index contributed by atoms with van der Waals surface area (Å²) in [6, 6.07) is 13.2. The maximum atomic E-state index is 13.0. The van der Waals surface area contributed by atoms with E-state index in [9.17, 15) is 9.18 Å². The molecule has 0 atom stereocenters. The predicted octanol–water partition coefficient (Wildman–Crippen LogP) is 4.92. The molecule has 2 heterocycles. The van der Waals surface area contributed by atoms with E-state index in [1.165, 1.54) is 23.5 Å². The summed E-state index contributed by atoms with van der Waals surface area (Å²) in [4.78, 5) is 23.7. The Hall–Kier alpha value is -2.83. The second-order valence-electron chi connectivity index (χ2n) is 5.51. The SMILES string of the molecule is O=c1[nH]c(/C(Cl)=C/c2csc(-c3ccc(F)cc3)n2)nc2ccccc12. The Morgan fingerprint density at radius 2 is 1.88 bits per heavy atom. The number of halogens is 2. The molecule has 1 N–H and O–H groups in total. The highest BCUT2D eigenvalue weighted by Crippen LogP contribution is 2.26. The maximum absolute atomic E-state index is 13.0. The first kappa shape index (κ1) is 16.6. The molecule has 4 rings (SSSR count). The number of nitrogens with zero attached hydrogens (tertiary/aromatic N) is 2. The van der Waals surface area contributed by atoms with Crippen LogP contribution in [0.4, 0.5) is 4.39 Å². The molecule has 4 nitrogen and oxygen atoms in total. The molecule has 4 aromatic rings. The molecule has 0 aliphatic carbocycles. The van der Waals surface area contributed by atoms with Crippen molar-refractivity contribution in [2.75, 3.05) is 0 Å². The summed E-state index contributed by atoms with van der Waals surface area (Å²) in [6.45, 7) is 0. The minimum absolute atomic E-state index is 0.248. The molecular formula is C19H11ClFN3OS. The van der Waals surface area contributed by atoms with E-state index in [1.54, 1.807) is 36.4 Å². The molecule has 26 heavy (non-hydrogen) atoms. The number of nitrogens with one attached hydrogen (secondary N) is 1. The molecule has 0 aliphatic rings. The Morgan fingerprint density at radius 1 is 1.12 bits per heavy atom. The Balaban J connectivity index is 1.68. The van der Waals surface area contributed by atoms with Gasteiger partial charge in [0.05, 0.1) is 21.6 Å². The van der Waals surface area contributed by atoms with E-state index >= 15 is 0 Å². The van der Waals surface area contributed by atoms with Gasteiger partial charge in [-0.1, -0.05) is 23.7 Å². The fraction of sp³-hybridized carbons (Fsp3) is 0. The molecule has 0 saturated heterocycles. The van der Waals surface area contributed by atoms with Gasteiger partial charge in [-0.3, -0.25) is 4.79 Å². The van der Waals surface area contributed by atoms with Gasteiger partial charge < -0.3 is 4.98 Å². The van der Waals surface area contributed by atoms with Crippen LogP contribution < -0.4 is 5.56 Å². The van der Waals surface area contributed by atoms with E-state index in [-0.39, 0.29) is 22.2 Å². The van der Waals surface area contributed by atoms with Crippen molar-refractivity contribution in [3.8, 4) is 10.6 Å². The van der Waals surface area contributed by atoms with Crippen molar-refractivity contribution in [2.24, 2.45) is 0 Å². The number of fused-ring (bicyclic) bond motifs is 1. The van der Waals surface area contributed by atoms with Gasteiger partial charge in [0, 0.05) is 10.9 Å². The molecule has 7 heteroatoms. The van der Waals surface area contributed by atoms with Gasteiger partial charge in [0.25, 0.3) is 5.56 Å². The van der Waals surface area contributed by atoms with Crippen LogP contribution in [0.1, 0.15) is 11.5 Å². The summed E-state index contributed by atoms with van der Waals surface area (Å²) in [5.41, 5.74) is 1.78. The van der Waals surface area contributed by atoms with Crippen molar-refractivity contribution >= 4 is 44.9 Å². The van der Waals surface area contributed by atoms with Gasteiger partial charge >= 0.3 is 0 Å². The number of benzene rings is 2. The fourth-order valence-electron chi connectivity index (χ4n) is 2.48. The van der Waals surface area contributed by atoms with E-state index in [1.807, 2.05) is 11.4 Å². The van der Waals surface area contributed by atoms with E-state index in [2.05, 4.69) is 15.0 Å². The highest BCUT2D eigenvalue weighted by atomic mass is 35.5. The molecule has 0 amide bonds. The number of hydrogen-bond donors (Lipinski definition) is 1. The number of para-hydroxylation sites is 1. The van der Waals surface area contributed by atoms with Crippen LogP contribution in [0.15, 0.2) is 58.7 Å². The highest BCUT2D eigenvalue weighted by molar-refractivity contribution is 7.13. The zero-order chi connectivity index (χ0) is 18.1. The fourth-order valence-corrected chi connectivity index (χ4v) is 3.46. The van der Waals surface area contributed by atoms with Crippen molar-refractivity contribution < 1.29 is 4.39 Å². The van der Waals surface area contributed by atoms with Crippen LogP contribution in [-0.4, -0.2) is 15.0 Å². The van der Waals surface area contributed by atoms with Crippen LogP contribution in [-0.2, 0) is 0 Å². The van der Waals surface area contributed by atoms with Crippen LogP contribution >= 0.6 is 22.9 Å². The first-order valence-electron chi connectivity index (χ1n) is 7.68. The monoisotopic (exact) mass is 383 g/mol. The lowest BCUT2D eigenvalue weighted by Crippen LogP contribution is -2.10. The normalized spacial score (nSPS) is 11.8. The third kappa shape index (κ3) is 3.29. The van der Waals surface area contributed by atoms with Crippen molar-refractivity contribution in [3.05, 3.63) is 81.6 Å². The summed E-state index contributed by atoms with van der Waals surface area (Å²) in [5.74, 6) is -0.00787. The summed E-state index contributed by atoms with van der Waals surface area (Å²) in [7, 11) is 0. The van der Waals surface area contributed by atoms with Gasteiger partial charge in [-0.05, 0) is 42.5 Å². The largest absolute Gasteiger partial charge is 0.305 e. The van der Waals surface area contributed by atoms with Crippen LogP contribution in [0.2, 0.25) is 0 Å². The smallest absolute Gasteiger partial charge is 0.259 e. The molecule has 2 aromatic heterocycles. The molecule has 2 aromatic carbocycles. The number of aromatic nitrogens is 3. The Bertz CT molecular complexity index is 1180. The van der Waals surface area contributed by atoms with Crippen LogP contribution in [0.3, 0.4) is 0 Å². The van der Waals surface area contributed by atoms with Gasteiger partial charge in [0.1, 0.15) is 10.8 Å². The zero-order valence-corrected chi connectivity index (χ0v) is 14.8. The molecule has 0 bridgehead atoms. The highest BCUT2D eigenvalue weighted by Gasteiger charge is 2.08. The summed E-state index contributed by atoms with van der Waals surface area (Å²) in [5, 5.41) is 3.37. The van der Waals surface area contributed by atoms with Gasteiger partial charge in [-0.2, -0.15) is 0 Å². The number of hydrogen-bond acceptors (Lipinski definition) is 4. The predicted molar refractivity (Wildman–Crippen MR) is 104 cm³/mol. The van der Waals surface area contributed by atoms with E-state index in [0.29, 0.717) is 16.6 Å². The van der Waals surface area contributed by atoms with Crippen LogP contribution in [0.25, 0.3) is 32.6 Å². The van der Waals surface area contributed by atoms with Crippen molar-refractivity contribution in [1.82, 2.24) is 15.0 Å². The maximum Gasteiger partial charge on any atom is 0.259 e. The lowest BCUT2D eigenvalue weighted by molar-refractivity contribution is 0.628. The zero-order valence-electron chi connectivity index (χ0n) is 13.2. The summed E-state index contributed by atoms with van der Waals surface area (Å²) < 4.78 is 13.0. The molecule has 0 spiro atoms. The molecule has 0 unspecified atom stereocenters. The number of rotatable bonds is 3. The van der Waals surface area contributed by atoms with E-state index in [0.717, 1.165) is 10.6 Å². The lowest BCUT2D eigenvalue weighted by Gasteiger charge is -2.01. The topological polar surface area (TPSA) is 58.6 Å². The van der Waals surface area contributed by atoms with Crippen molar-refractivity contribution in [2.45, 2.75) is 0 Å². The quantitative estimate of drug-likeness (QED) is 0.546. The van der Waals surface area contributed by atoms with Gasteiger partial charge in [-0.25, -0.2) is 14.4 Å². The second-order valence-corrected chi connectivity index (χ2v) is 6.77. The average Bonchev–Trinajstić information content (AvgIpc) is 3.10. The molecule has 0 aliphatic heterocycles. The molecule has 0 fully saturated rings. The first-order chi connectivity index (χ1) is 12.6. The standard InChI is InChI=1S/C19H11ClFN3OS/c20-15(17-23-16-4-2-1-3-14(16)18(25)24-17)9-13-10-26-19(22-13)11-5-7-12(21)8-6-11/h1-10H,(H,23,24,25)/b15-9-. The van der Waals surface area contributed by atoms with Crippen molar-refractivity contribution in [3.63, 3.8) is 0 Å². The Kier molecular flexibility index (Phi) is 4.36. The van der Waals surface area contributed by atoms with E-state index in [4.69, 9.17) is 11.6 Å². The minimum Gasteiger partial charge on any atom is -0.305 e. The number of thiazole rings is 1. The average molecular weight is 384 g/mol.